The number of esters is 1. The molecule has 0 atom stereocenters. The van der Waals surface area contributed by atoms with E-state index in [1.807, 2.05) is 0 Å². The summed E-state index contributed by atoms with van der Waals surface area (Å²) in [7, 11) is 1.33. The van der Waals surface area contributed by atoms with Gasteiger partial charge in [0.1, 0.15) is 11.5 Å². The zero-order chi connectivity index (χ0) is 26.1. The molecule has 0 aliphatic carbocycles. The fourth-order valence-corrected chi connectivity index (χ4v) is 2.93. The third kappa shape index (κ3) is 7.00. The lowest BCUT2D eigenvalue weighted by Gasteiger charge is -2.12. The van der Waals surface area contributed by atoms with Crippen molar-refractivity contribution in [2.45, 2.75) is 0 Å². The maximum Gasteiger partial charge on any atom is 0.338 e. The highest BCUT2D eigenvalue weighted by atomic mass is 19.1. The zero-order valence-electron chi connectivity index (χ0n) is 18.9. The number of rotatable bonds is 10. The molecular formula is C24H20FN3O8. The molecule has 36 heavy (non-hydrogen) atoms. The van der Waals surface area contributed by atoms with Crippen molar-refractivity contribution in [3.63, 3.8) is 0 Å². The molecule has 0 fully saturated rings. The third-order valence-corrected chi connectivity index (χ3v) is 4.60. The minimum absolute atomic E-state index is 0.0322. The molecule has 12 heteroatoms. The number of carbonyl (C=O) groups excluding carboxylic acids is 3. The molecule has 186 valence electrons. The van der Waals surface area contributed by atoms with Gasteiger partial charge in [0.15, 0.2) is 24.7 Å². The van der Waals surface area contributed by atoms with Gasteiger partial charge in [0.2, 0.25) is 0 Å². The summed E-state index contributed by atoms with van der Waals surface area (Å²) in [4.78, 5) is 46.9. The van der Waals surface area contributed by atoms with Crippen LogP contribution in [0, 0.1) is 15.9 Å². The monoisotopic (exact) mass is 497 g/mol. The number of ether oxygens (including phenoxy) is 3. The number of anilines is 2. The zero-order valence-corrected chi connectivity index (χ0v) is 18.9. The summed E-state index contributed by atoms with van der Waals surface area (Å²) < 4.78 is 28.5. The quantitative estimate of drug-likeness (QED) is 0.246. The minimum atomic E-state index is -0.855. The molecule has 0 bridgehead atoms. The van der Waals surface area contributed by atoms with Crippen LogP contribution in [0.25, 0.3) is 0 Å². The summed E-state index contributed by atoms with van der Waals surface area (Å²) in [5, 5.41) is 15.9. The number of nitro benzene ring substituents is 1. The predicted octanol–water partition coefficient (Wildman–Crippen LogP) is 3.56. The number of halogens is 1. The molecule has 11 nitrogen and oxygen atoms in total. The summed E-state index contributed by atoms with van der Waals surface area (Å²) in [6.45, 7) is -1.07. The number of carbonyl (C=O) groups is 3. The fourth-order valence-electron chi connectivity index (χ4n) is 2.93. The maximum atomic E-state index is 13.0. The molecule has 3 aromatic carbocycles. The molecule has 0 spiro atoms. The number of nitrogens with zero attached hydrogens (tertiary/aromatic N) is 1. The van der Waals surface area contributed by atoms with Crippen molar-refractivity contribution in [3.8, 4) is 11.5 Å². The molecule has 3 rings (SSSR count). The maximum absolute atomic E-state index is 13.0. The van der Waals surface area contributed by atoms with Crippen molar-refractivity contribution in [1.29, 1.82) is 0 Å². The molecule has 0 saturated heterocycles. The van der Waals surface area contributed by atoms with E-state index in [0.29, 0.717) is 5.69 Å². The molecule has 0 heterocycles. The molecule has 0 aliphatic heterocycles. The largest absolute Gasteiger partial charge is 0.493 e. The Hall–Kier alpha value is -5.00. The van der Waals surface area contributed by atoms with Gasteiger partial charge in [-0.25, -0.2) is 9.18 Å². The van der Waals surface area contributed by atoms with Crippen LogP contribution in [-0.2, 0) is 14.3 Å². The molecular weight excluding hydrogens is 477 g/mol. The number of amides is 2. The van der Waals surface area contributed by atoms with E-state index >= 15 is 0 Å². The highest BCUT2D eigenvalue weighted by molar-refractivity contribution is 5.97. The van der Waals surface area contributed by atoms with Crippen LogP contribution < -0.4 is 20.1 Å². The Morgan fingerprint density at radius 1 is 0.917 bits per heavy atom. The normalized spacial score (nSPS) is 10.2. The standard InChI is InChI=1S/C24H20FN3O8/c1-34-21-12-15(6-11-20(21)35-13-22(29)26-17-9-7-16(25)8-10-17)24(31)36-14-23(30)27-18-4-2-3-5-19(18)28(32)33/h2-12H,13-14H2,1H3,(H,26,29)(H,27,30). The van der Waals surface area contributed by atoms with Gasteiger partial charge in [-0.15, -0.1) is 0 Å². The first-order chi connectivity index (χ1) is 17.3. The molecule has 0 saturated carbocycles. The second-order valence-corrected chi connectivity index (χ2v) is 7.11. The topological polar surface area (TPSA) is 146 Å². The Balaban J connectivity index is 1.54. The predicted molar refractivity (Wildman–Crippen MR) is 126 cm³/mol. The number of hydrogen-bond donors (Lipinski definition) is 2. The van der Waals surface area contributed by atoms with E-state index in [1.54, 1.807) is 0 Å². The highest BCUT2D eigenvalue weighted by Crippen LogP contribution is 2.28. The van der Waals surface area contributed by atoms with Gasteiger partial charge in [0, 0.05) is 11.8 Å². The molecule has 0 radical (unpaired) electrons. The van der Waals surface area contributed by atoms with Gasteiger partial charge < -0.3 is 24.8 Å². The Labute approximate surface area is 203 Å². The van der Waals surface area contributed by atoms with Crippen molar-refractivity contribution in [2.24, 2.45) is 0 Å². The number of hydrogen-bond acceptors (Lipinski definition) is 8. The fraction of sp³-hybridized carbons (Fsp3) is 0.125. The van der Waals surface area contributed by atoms with Crippen molar-refractivity contribution < 1.29 is 37.9 Å². The van der Waals surface area contributed by atoms with Crippen molar-refractivity contribution in [1.82, 2.24) is 0 Å². The lowest BCUT2D eigenvalue weighted by Crippen LogP contribution is -2.21. The Bertz CT molecular complexity index is 1280. The molecule has 2 N–H and O–H groups in total. The molecule has 0 aliphatic rings. The first-order valence-electron chi connectivity index (χ1n) is 10.3. The number of benzene rings is 3. The average Bonchev–Trinajstić information content (AvgIpc) is 2.87. The van der Waals surface area contributed by atoms with Gasteiger partial charge in [-0.1, -0.05) is 12.1 Å². The van der Waals surface area contributed by atoms with E-state index in [9.17, 15) is 28.9 Å². The first-order valence-corrected chi connectivity index (χ1v) is 10.3. The van der Waals surface area contributed by atoms with Gasteiger partial charge in [-0.05, 0) is 48.5 Å². The number of para-hydroxylation sites is 2. The van der Waals surface area contributed by atoms with Crippen LogP contribution in [-0.4, -0.2) is 43.0 Å². The van der Waals surface area contributed by atoms with Gasteiger partial charge in [0.05, 0.1) is 17.6 Å². The second-order valence-electron chi connectivity index (χ2n) is 7.11. The molecule has 2 amide bonds. The molecule has 3 aromatic rings. The molecule has 0 aromatic heterocycles. The summed E-state index contributed by atoms with van der Waals surface area (Å²) in [6, 6.07) is 14.8. The summed E-state index contributed by atoms with van der Waals surface area (Å²) in [5.74, 6) is -2.27. The van der Waals surface area contributed by atoms with Crippen molar-refractivity contribution in [3.05, 3.63) is 88.2 Å². The van der Waals surface area contributed by atoms with Gasteiger partial charge >= 0.3 is 5.97 Å². The number of nitro groups is 1. The Kier molecular flexibility index (Phi) is 8.49. The van der Waals surface area contributed by atoms with Crippen LogP contribution in [0.15, 0.2) is 66.7 Å². The second kappa shape index (κ2) is 11.9. The Morgan fingerprint density at radius 3 is 2.31 bits per heavy atom. The summed E-state index contributed by atoms with van der Waals surface area (Å²) >= 11 is 0. The van der Waals surface area contributed by atoms with E-state index in [1.165, 1.54) is 73.8 Å². The SMILES string of the molecule is COc1cc(C(=O)OCC(=O)Nc2ccccc2[N+](=O)[O-])ccc1OCC(=O)Nc1ccc(F)cc1. The van der Waals surface area contributed by atoms with Crippen LogP contribution in [0.5, 0.6) is 11.5 Å². The van der Waals surface area contributed by atoms with E-state index in [2.05, 4.69) is 10.6 Å². The molecule has 0 unspecified atom stereocenters. The Morgan fingerprint density at radius 2 is 1.61 bits per heavy atom. The van der Waals surface area contributed by atoms with Crippen LogP contribution >= 0.6 is 0 Å². The van der Waals surface area contributed by atoms with E-state index in [4.69, 9.17) is 14.2 Å². The summed E-state index contributed by atoms with van der Waals surface area (Å²) in [6.07, 6.45) is 0. The first kappa shape index (κ1) is 25.6. The number of methoxy groups -OCH3 is 1. The average molecular weight is 497 g/mol. The van der Waals surface area contributed by atoms with E-state index in [0.717, 1.165) is 0 Å². The summed E-state index contributed by atoms with van der Waals surface area (Å²) in [5.41, 5.74) is 0.0912. The lowest BCUT2D eigenvalue weighted by molar-refractivity contribution is -0.383. The van der Waals surface area contributed by atoms with Gasteiger partial charge in [-0.3, -0.25) is 19.7 Å². The van der Waals surface area contributed by atoms with E-state index in [-0.39, 0.29) is 35.0 Å². The smallest absolute Gasteiger partial charge is 0.338 e. The highest BCUT2D eigenvalue weighted by Gasteiger charge is 2.18. The van der Waals surface area contributed by atoms with Gasteiger partial charge in [-0.2, -0.15) is 0 Å². The minimum Gasteiger partial charge on any atom is -0.493 e. The van der Waals surface area contributed by atoms with Crippen LogP contribution in [0.4, 0.5) is 21.5 Å². The van der Waals surface area contributed by atoms with Crippen LogP contribution in [0.2, 0.25) is 0 Å². The van der Waals surface area contributed by atoms with Crippen LogP contribution in [0.1, 0.15) is 10.4 Å². The number of nitrogens with one attached hydrogen (secondary N) is 2. The lowest BCUT2D eigenvalue weighted by atomic mass is 10.2. The third-order valence-electron chi connectivity index (χ3n) is 4.60. The van der Waals surface area contributed by atoms with Crippen molar-refractivity contribution in [2.75, 3.05) is 31.0 Å². The van der Waals surface area contributed by atoms with Crippen molar-refractivity contribution >= 4 is 34.8 Å². The van der Waals surface area contributed by atoms with Crippen LogP contribution in [0.3, 0.4) is 0 Å². The van der Waals surface area contributed by atoms with E-state index < -0.39 is 35.1 Å². The van der Waals surface area contributed by atoms with Gasteiger partial charge in [0.25, 0.3) is 17.5 Å².